The largest absolute Gasteiger partial charge is 0.323 e. The number of nitrogens with two attached hydrogens (primary N) is 1. The van der Waals surface area contributed by atoms with Crippen LogP contribution < -0.4 is 16.6 Å². The van der Waals surface area contributed by atoms with Crippen molar-refractivity contribution < 1.29 is 4.79 Å². The normalized spacial score (nSPS) is 10.1. The number of amides is 1. The second kappa shape index (κ2) is 6.06. The predicted octanol–water partition coefficient (Wildman–Crippen LogP) is 3.64. The van der Waals surface area contributed by atoms with Crippen molar-refractivity contribution in [3.05, 3.63) is 57.5 Å². The third-order valence-electron chi connectivity index (χ3n) is 2.50. The molecule has 6 heteroatoms. The minimum Gasteiger partial charge on any atom is -0.323 e. The Kier molecular flexibility index (Phi) is 4.42. The number of para-hydroxylation sites is 1. The highest BCUT2D eigenvalue weighted by atomic mass is 79.9. The number of nitrogens with one attached hydrogen (secondary N) is 2. The van der Waals surface area contributed by atoms with Gasteiger partial charge >= 0.3 is 0 Å². The fourth-order valence-corrected chi connectivity index (χ4v) is 2.11. The standard InChI is InChI=1S/C13H11BrClN3O/c14-10-6-5-8(15)7-12(10)17-13(19)9-3-1-2-4-11(9)18-16/h1-7,18H,16H2,(H,17,19). The van der Waals surface area contributed by atoms with E-state index in [4.69, 9.17) is 17.4 Å². The molecule has 4 N–H and O–H groups in total. The van der Waals surface area contributed by atoms with E-state index in [1.54, 1.807) is 42.5 Å². The van der Waals surface area contributed by atoms with Gasteiger partial charge in [0.25, 0.3) is 5.91 Å². The third kappa shape index (κ3) is 3.26. The summed E-state index contributed by atoms with van der Waals surface area (Å²) in [5.74, 6) is 5.11. The van der Waals surface area contributed by atoms with Gasteiger partial charge in [-0.2, -0.15) is 0 Å². The maximum atomic E-state index is 12.2. The van der Waals surface area contributed by atoms with E-state index in [0.717, 1.165) is 4.47 Å². The van der Waals surface area contributed by atoms with Crippen LogP contribution in [0.25, 0.3) is 0 Å². The second-order valence-corrected chi connectivity index (χ2v) is 5.06. The van der Waals surface area contributed by atoms with Gasteiger partial charge in [0.15, 0.2) is 0 Å². The van der Waals surface area contributed by atoms with E-state index < -0.39 is 0 Å². The van der Waals surface area contributed by atoms with Crippen LogP contribution in [0.15, 0.2) is 46.9 Å². The van der Waals surface area contributed by atoms with Gasteiger partial charge < -0.3 is 10.7 Å². The highest BCUT2D eigenvalue weighted by molar-refractivity contribution is 9.10. The first kappa shape index (κ1) is 13.9. The molecule has 0 radical (unpaired) electrons. The van der Waals surface area contributed by atoms with Crippen LogP contribution in [0.1, 0.15) is 10.4 Å². The number of benzene rings is 2. The smallest absolute Gasteiger partial charge is 0.257 e. The zero-order valence-corrected chi connectivity index (χ0v) is 12.1. The number of hydrogen-bond donors (Lipinski definition) is 3. The molecule has 0 aliphatic carbocycles. The summed E-state index contributed by atoms with van der Waals surface area (Å²) >= 11 is 9.25. The van der Waals surface area contributed by atoms with Crippen LogP contribution in [-0.2, 0) is 0 Å². The molecule has 0 atom stereocenters. The van der Waals surface area contributed by atoms with Crippen molar-refractivity contribution >= 4 is 44.8 Å². The molecule has 19 heavy (non-hydrogen) atoms. The zero-order chi connectivity index (χ0) is 13.8. The lowest BCUT2D eigenvalue weighted by Crippen LogP contribution is -2.17. The topological polar surface area (TPSA) is 67.1 Å². The Morgan fingerprint density at radius 2 is 1.89 bits per heavy atom. The van der Waals surface area contributed by atoms with Crippen LogP contribution in [0.2, 0.25) is 5.02 Å². The van der Waals surface area contributed by atoms with E-state index in [9.17, 15) is 4.79 Å². The molecule has 2 aromatic rings. The molecule has 0 fully saturated rings. The van der Waals surface area contributed by atoms with Gasteiger partial charge in [-0.3, -0.25) is 10.6 Å². The molecule has 0 aliphatic heterocycles. The van der Waals surface area contributed by atoms with Gasteiger partial charge in [0.2, 0.25) is 0 Å². The number of nitrogen functional groups attached to an aromatic ring is 1. The number of carbonyl (C=O) groups excluding carboxylic acids is 1. The number of hydrazine groups is 1. The molecule has 98 valence electrons. The molecule has 0 saturated carbocycles. The lowest BCUT2D eigenvalue weighted by Gasteiger charge is -2.11. The molecule has 1 amide bonds. The lowest BCUT2D eigenvalue weighted by molar-refractivity contribution is 0.102. The minimum absolute atomic E-state index is 0.267. The molecule has 0 unspecified atom stereocenters. The van der Waals surface area contributed by atoms with Gasteiger partial charge in [-0.25, -0.2) is 0 Å². The molecule has 0 bridgehead atoms. The van der Waals surface area contributed by atoms with Crippen LogP contribution in [0, 0.1) is 0 Å². The van der Waals surface area contributed by atoms with E-state index in [-0.39, 0.29) is 5.91 Å². The van der Waals surface area contributed by atoms with Crippen molar-refractivity contribution in [2.45, 2.75) is 0 Å². The SMILES string of the molecule is NNc1ccccc1C(=O)Nc1cc(Cl)ccc1Br. The highest BCUT2D eigenvalue weighted by Crippen LogP contribution is 2.27. The number of halogens is 2. The lowest BCUT2D eigenvalue weighted by atomic mass is 10.1. The first-order valence-corrected chi connectivity index (χ1v) is 6.61. The summed E-state index contributed by atoms with van der Waals surface area (Å²) in [7, 11) is 0. The molecule has 2 rings (SSSR count). The Balaban J connectivity index is 2.28. The first-order chi connectivity index (χ1) is 9.11. The molecule has 4 nitrogen and oxygen atoms in total. The van der Waals surface area contributed by atoms with Crippen molar-refractivity contribution in [3.63, 3.8) is 0 Å². The molecular formula is C13H11BrClN3O. The Morgan fingerprint density at radius 1 is 1.16 bits per heavy atom. The molecular weight excluding hydrogens is 330 g/mol. The third-order valence-corrected chi connectivity index (χ3v) is 3.43. The van der Waals surface area contributed by atoms with E-state index >= 15 is 0 Å². The fourth-order valence-electron chi connectivity index (χ4n) is 1.59. The summed E-state index contributed by atoms with van der Waals surface area (Å²) in [6.45, 7) is 0. The molecule has 0 saturated heterocycles. The van der Waals surface area contributed by atoms with Crippen LogP contribution in [0.5, 0.6) is 0 Å². The summed E-state index contributed by atoms with van der Waals surface area (Å²) in [4.78, 5) is 12.2. The summed E-state index contributed by atoms with van der Waals surface area (Å²) in [6, 6.07) is 12.1. The van der Waals surface area contributed by atoms with Gasteiger partial charge in [-0.05, 0) is 46.3 Å². The van der Waals surface area contributed by atoms with Crippen molar-refractivity contribution in [2.24, 2.45) is 5.84 Å². The predicted molar refractivity (Wildman–Crippen MR) is 81.4 cm³/mol. The Bertz CT molecular complexity index is 619. The van der Waals surface area contributed by atoms with Gasteiger partial charge in [0, 0.05) is 9.50 Å². The fraction of sp³-hybridized carbons (Fsp3) is 0. The zero-order valence-electron chi connectivity index (χ0n) is 9.78. The van der Waals surface area contributed by atoms with Crippen molar-refractivity contribution in [3.8, 4) is 0 Å². The van der Waals surface area contributed by atoms with Crippen LogP contribution in [-0.4, -0.2) is 5.91 Å². The summed E-state index contributed by atoms with van der Waals surface area (Å²) in [5.41, 5.74) is 4.10. The van der Waals surface area contributed by atoms with Gasteiger partial charge in [0.05, 0.1) is 16.9 Å². The van der Waals surface area contributed by atoms with E-state index in [1.165, 1.54) is 0 Å². The number of hydrogen-bond acceptors (Lipinski definition) is 3. The molecule has 0 spiro atoms. The molecule has 2 aromatic carbocycles. The van der Waals surface area contributed by atoms with Crippen LogP contribution in [0.3, 0.4) is 0 Å². The molecule has 0 aliphatic rings. The highest BCUT2D eigenvalue weighted by Gasteiger charge is 2.12. The van der Waals surface area contributed by atoms with Gasteiger partial charge in [-0.1, -0.05) is 23.7 Å². The Morgan fingerprint density at radius 3 is 2.63 bits per heavy atom. The Labute approximate surface area is 124 Å². The van der Waals surface area contributed by atoms with Gasteiger partial charge in [-0.15, -0.1) is 0 Å². The first-order valence-electron chi connectivity index (χ1n) is 5.44. The van der Waals surface area contributed by atoms with Crippen LogP contribution in [0.4, 0.5) is 11.4 Å². The van der Waals surface area contributed by atoms with Crippen molar-refractivity contribution in [1.82, 2.24) is 0 Å². The van der Waals surface area contributed by atoms with E-state index in [0.29, 0.717) is 22.0 Å². The summed E-state index contributed by atoms with van der Waals surface area (Å²) in [6.07, 6.45) is 0. The monoisotopic (exact) mass is 339 g/mol. The van der Waals surface area contributed by atoms with Crippen molar-refractivity contribution in [2.75, 3.05) is 10.7 Å². The maximum absolute atomic E-state index is 12.2. The average Bonchev–Trinajstić information content (AvgIpc) is 2.42. The number of carbonyl (C=O) groups is 1. The summed E-state index contributed by atoms with van der Waals surface area (Å²) in [5, 5.41) is 3.32. The van der Waals surface area contributed by atoms with Gasteiger partial charge in [0.1, 0.15) is 0 Å². The number of anilines is 2. The summed E-state index contributed by atoms with van der Waals surface area (Å²) < 4.78 is 0.753. The second-order valence-electron chi connectivity index (χ2n) is 3.77. The molecule has 0 aromatic heterocycles. The molecule has 0 heterocycles. The van der Waals surface area contributed by atoms with Crippen LogP contribution >= 0.6 is 27.5 Å². The minimum atomic E-state index is -0.267. The Hall–Kier alpha value is -1.56. The maximum Gasteiger partial charge on any atom is 0.257 e. The van der Waals surface area contributed by atoms with E-state index in [2.05, 4.69) is 26.7 Å². The average molecular weight is 341 g/mol. The quantitative estimate of drug-likeness (QED) is 0.590. The van der Waals surface area contributed by atoms with E-state index in [1.807, 2.05) is 0 Å². The van der Waals surface area contributed by atoms with Crippen molar-refractivity contribution in [1.29, 1.82) is 0 Å². The number of rotatable bonds is 3.